The van der Waals surface area contributed by atoms with Gasteiger partial charge in [0.05, 0.1) is 12.5 Å². The summed E-state index contributed by atoms with van der Waals surface area (Å²) in [5, 5.41) is 0. The first-order valence-corrected chi connectivity index (χ1v) is 6.09. The lowest BCUT2D eigenvalue weighted by molar-refractivity contribution is -0.118. The molecule has 0 saturated heterocycles. The number of allylic oxidation sites excluding steroid dienone is 2. The summed E-state index contributed by atoms with van der Waals surface area (Å²) in [6, 6.07) is 1.91. The molecule has 0 aromatic carbocycles. The van der Waals surface area contributed by atoms with Crippen LogP contribution in [0.4, 0.5) is 0 Å². The summed E-state index contributed by atoms with van der Waals surface area (Å²) in [6.07, 6.45) is 9.32. The van der Waals surface area contributed by atoms with Crippen molar-refractivity contribution in [2.24, 2.45) is 9.98 Å². The highest BCUT2D eigenvalue weighted by atomic mass is 16.3. The smallest absolute Gasteiger partial charge is 0.249 e. The number of carbonyl (C=O) groups is 1. The molecule has 0 saturated carbocycles. The number of aliphatic imine (C=N–C) groups is 2. The quantitative estimate of drug-likeness (QED) is 0.760. The third-order valence-electron chi connectivity index (χ3n) is 2.91. The molecular weight excluding hydrogens is 242 g/mol. The van der Waals surface area contributed by atoms with E-state index in [4.69, 9.17) is 4.42 Å². The first-order valence-electron chi connectivity index (χ1n) is 6.09. The molecular formula is C14H13N3O2. The first kappa shape index (κ1) is 11.6. The van der Waals surface area contributed by atoms with E-state index in [9.17, 15) is 4.79 Å². The number of aryl methyl sites for hydroxylation is 1. The Labute approximate surface area is 110 Å². The van der Waals surface area contributed by atoms with Crippen molar-refractivity contribution in [2.75, 3.05) is 6.54 Å². The Morgan fingerprint density at radius 2 is 2.42 bits per heavy atom. The van der Waals surface area contributed by atoms with Crippen molar-refractivity contribution in [3.8, 4) is 0 Å². The van der Waals surface area contributed by atoms with Crippen LogP contribution in [0.15, 0.2) is 50.8 Å². The van der Waals surface area contributed by atoms with E-state index in [0.717, 1.165) is 11.4 Å². The maximum absolute atomic E-state index is 11.3. The van der Waals surface area contributed by atoms with Crippen molar-refractivity contribution >= 4 is 18.0 Å². The van der Waals surface area contributed by atoms with Gasteiger partial charge in [-0.1, -0.05) is 6.08 Å². The lowest BCUT2D eigenvalue weighted by Crippen LogP contribution is -2.36. The number of amides is 1. The van der Waals surface area contributed by atoms with E-state index in [-0.39, 0.29) is 5.91 Å². The number of amidine groups is 1. The maximum Gasteiger partial charge on any atom is 0.249 e. The second-order valence-corrected chi connectivity index (χ2v) is 4.43. The maximum atomic E-state index is 11.3. The van der Waals surface area contributed by atoms with Gasteiger partial charge in [-0.25, -0.2) is 4.99 Å². The van der Waals surface area contributed by atoms with Gasteiger partial charge in [0, 0.05) is 13.0 Å². The van der Waals surface area contributed by atoms with Crippen molar-refractivity contribution in [3.63, 3.8) is 0 Å². The van der Waals surface area contributed by atoms with Gasteiger partial charge in [-0.15, -0.1) is 0 Å². The van der Waals surface area contributed by atoms with E-state index in [0.29, 0.717) is 24.6 Å². The van der Waals surface area contributed by atoms with Gasteiger partial charge in [0.2, 0.25) is 5.91 Å². The number of carbonyl (C=O) groups excluding carboxylic acids is 1. The Bertz CT molecular complexity index is 635. The number of furan rings is 1. The van der Waals surface area contributed by atoms with Gasteiger partial charge in [0.1, 0.15) is 17.4 Å². The van der Waals surface area contributed by atoms with Gasteiger partial charge in [0.15, 0.2) is 0 Å². The Balaban J connectivity index is 1.83. The molecule has 96 valence electrons. The molecule has 0 bridgehead atoms. The van der Waals surface area contributed by atoms with Gasteiger partial charge in [-0.2, -0.15) is 4.99 Å². The first-order chi connectivity index (χ1) is 9.22. The van der Waals surface area contributed by atoms with Gasteiger partial charge in [-0.05, 0) is 30.7 Å². The molecule has 1 amide bonds. The predicted molar refractivity (Wildman–Crippen MR) is 72.0 cm³/mol. The molecule has 0 spiro atoms. The van der Waals surface area contributed by atoms with Crippen molar-refractivity contribution in [1.82, 2.24) is 4.90 Å². The molecule has 2 aliphatic rings. The zero-order chi connectivity index (χ0) is 13.2. The van der Waals surface area contributed by atoms with Crippen LogP contribution in [0.2, 0.25) is 0 Å². The molecule has 0 aliphatic carbocycles. The van der Waals surface area contributed by atoms with Gasteiger partial charge >= 0.3 is 0 Å². The lowest BCUT2D eigenvalue weighted by atomic mass is 10.2. The van der Waals surface area contributed by atoms with Crippen LogP contribution in [-0.2, 0) is 4.79 Å². The molecule has 1 aromatic rings. The minimum atomic E-state index is -0.0808. The third kappa shape index (κ3) is 2.40. The molecule has 2 aliphatic heterocycles. The fourth-order valence-corrected chi connectivity index (χ4v) is 2.00. The second-order valence-electron chi connectivity index (χ2n) is 4.43. The molecule has 1 aromatic heterocycles. The van der Waals surface area contributed by atoms with E-state index < -0.39 is 0 Å². The number of hydrogen-bond donors (Lipinski definition) is 0. The zero-order valence-electron chi connectivity index (χ0n) is 10.5. The second kappa shape index (κ2) is 4.68. The normalized spacial score (nSPS) is 18.6. The SMILES string of the molecule is Cc1coc(C=NC2=CC=CC3=NC(=O)CCN23)c1. The highest BCUT2D eigenvalue weighted by molar-refractivity contribution is 6.04. The van der Waals surface area contributed by atoms with Crippen molar-refractivity contribution in [1.29, 1.82) is 0 Å². The topological polar surface area (TPSA) is 58.2 Å². The third-order valence-corrected chi connectivity index (χ3v) is 2.91. The monoisotopic (exact) mass is 255 g/mol. The Kier molecular flexibility index (Phi) is 2.87. The Morgan fingerprint density at radius 1 is 1.53 bits per heavy atom. The largest absolute Gasteiger partial charge is 0.463 e. The van der Waals surface area contributed by atoms with Crippen LogP contribution in [0.25, 0.3) is 0 Å². The number of fused-ring (bicyclic) bond motifs is 1. The van der Waals surface area contributed by atoms with E-state index in [2.05, 4.69) is 9.98 Å². The summed E-state index contributed by atoms with van der Waals surface area (Å²) in [5.41, 5.74) is 1.06. The molecule has 5 nitrogen and oxygen atoms in total. The molecule has 19 heavy (non-hydrogen) atoms. The summed E-state index contributed by atoms with van der Waals surface area (Å²) in [6.45, 7) is 2.58. The highest BCUT2D eigenvalue weighted by Crippen LogP contribution is 2.18. The molecule has 0 unspecified atom stereocenters. The number of hydrogen-bond acceptors (Lipinski definition) is 4. The van der Waals surface area contributed by atoms with E-state index >= 15 is 0 Å². The van der Waals surface area contributed by atoms with E-state index in [1.165, 1.54) is 0 Å². The fourth-order valence-electron chi connectivity index (χ4n) is 2.00. The average Bonchev–Trinajstić information content (AvgIpc) is 2.81. The molecule has 3 rings (SSSR count). The molecule has 0 N–H and O–H groups in total. The summed E-state index contributed by atoms with van der Waals surface area (Å²) >= 11 is 0. The van der Waals surface area contributed by atoms with E-state index in [1.54, 1.807) is 12.5 Å². The molecule has 0 fully saturated rings. The minimum Gasteiger partial charge on any atom is -0.463 e. The van der Waals surface area contributed by atoms with Crippen LogP contribution in [0.1, 0.15) is 17.7 Å². The molecule has 0 atom stereocenters. The number of nitrogens with zero attached hydrogens (tertiary/aromatic N) is 3. The predicted octanol–water partition coefficient (Wildman–Crippen LogP) is 2.05. The molecule has 5 heteroatoms. The summed E-state index contributed by atoms with van der Waals surface area (Å²) in [4.78, 5) is 21.6. The highest BCUT2D eigenvalue weighted by Gasteiger charge is 2.22. The molecule has 0 radical (unpaired) electrons. The standard InChI is InChI=1S/C14H13N3O2/c1-10-7-11(19-9-10)8-15-12-3-2-4-13-16-14(18)5-6-17(12)13/h2-4,7-9H,5-6H2,1H3. The fraction of sp³-hybridized carbons (Fsp3) is 0.214. The van der Waals surface area contributed by atoms with Crippen LogP contribution in [0.3, 0.4) is 0 Å². The summed E-state index contributed by atoms with van der Waals surface area (Å²) in [7, 11) is 0. The Morgan fingerprint density at radius 3 is 3.21 bits per heavy atom. The van der Waals surface area contributed by atoms with Crippen LogP contribution in [-0.4, -0.2) is 29.4 Å². The van der Waals surface area contributed by atoms with Crippen molar-refractivity contribution < 1.29 is 9.21 Å². The van der Waals surface area contributed by atoms with Gasteiger partial charge in [-0.3, -0.25) is 4.79 Å². The molecule has 3 heterocycles. The van der Waals surface area contributed by atoms with Crippen molar-refractivity contribution in [3.05, 3.63) is 47.7 Å². The van der Waals surface area contributed by atoms with Gasteiger partial charge < -0.3 is 9.32 Å². The van der Waals surface area contributed by atoms with Crippen LogP contribution in [0, 0.1) is 6.92 Å². The van der Waals surface area contributed by atoms with Crippen molar-refractivity contribution in [2.45, 2.75) is 13.3 Å². The summed E-state index contributed by atoms with van der Waals surface area (Å²) in [5.74, 6) is 2.05. The zero-order valence-corrected chi connectivity index (χ0v) is 10.5. The average molecular weight is 255 g/mol. The lowest BCUT2D eigenvalue weighted by Gasteiger charge is -2.28. The van der Waals surface area contributed by atoms with E-state index in [1.807, 2.05) is 36.1 Å². The van der Waals surface area contributed by atoms with Crippen LogP contribution in [0.5, 0.6) is 0 Å². The Hall–Kier alpha value is -2.43. The van der Waals surface area contributed by atoms with Crippen LogP contribution < -0.4 is 0 Å². The summed E-state index contributed by atoms with van der Waals surface area (Å²) < 4.78 is 5.31. The van der Waals surface area contributed by atoms with Gasteiger partial charge in [0.25, 0.3) is 0 Å². The minimum absolute atomic E-state index is 0.0808. The number of rotatable bonds is 2. The van der Waals surface area contributed by atoms with Crippen LogP contribution >= 0.6 is 0 Å².